The number of thiophene rings is 1. The largest absolute Gasteiger partial charge is 0.415 e. The van der Waals surface area contributed by atoms with Crippen LogP contribution in [0.2, 0.25) is 4.34 Å². The van der Waals surface area contributed by atoms with Gasteiger partial charge in [-0.1, -0.05) is 11.6 Å². The third-order valence-corrected chi connectivity index (χ3v) is 5.13. The first-order valence-electron chi connectivity index (χ1n) is 8.29. The molecule has 1 amide bonds. The summed E-state index contributed by atoms with van der Waals surface area (Å²) >= 11 is 7.37. The van der Waals surface area contributed by atoms with Gasteiger partial charge >= 0.3 is 6.09 Å². The number of ether oxygens (including phenoxy) is 2. The number of halogens is 1. The summed E-state index contributed by atoms with van der Waals surface area (Å²) in [6, 6.07) is 9.02. The van der Waals surface area contributed by atoms with Gasteiger partial charge in [-0.05, 0) is 24.3 Å². The number of carbonyl (C=O) groups is 1. The molecule has 27 heavy (non-hydrogen) atoms. The Morgan fingerprint density at radius 2 is 2.15 bits per heavy atom. The molecular weight excluding hydrogens is 394 g/mol. The minimum Gasteiger partial charge on any atom is -0.410 e. The minimum atomic E-state index is -0.553. The number of nitrogens with one attached hydrogen (secondary N) is 1. The topological polar surface area (TPSA) is 93.9 Å². The van der Waals surface area contributed by atoms with E-state index >= 15 is 0 Å². The molecule has 0 unspecified atom stereocenters. The molecule has 0 spiro atoms. The normalized spacial score (nSPS) is 16.7. The molecule has 10 heteroatoms. The summed E-state index contributed by atoms with van der Waals surface area (Å²) in [5, 5.41) is 14.0. The second kappa shape index (κ2) is 9.14. The van der Waals surface area contributed by atoms with Crippen LogP contribution in [-0.2, 0) is 11.3 Å². The molecule has 0 saturated carbocycles. The van der Waals surface area contributed by atoms with Crippen molar-refractivity contribution in [2.45, 2.75) is 12.6 Å². The lowest BCUT2D eigenvalue weighted by Crippen LogP contribution is -2.47. The number of morpholine rings is 1. The molecule has 1 aromatic carbocycles. The van der Waals surface area contributed by atoms with Gasteiger partial charge in [0.1, 0.15) is 5.75 Å². The van der Waals surface area contributed by atoms with Crippen molar-refractivity contribution in [1.82, 2.24) is 10.2 Å². The van der Waals surface area contributed by atoms with E-state index in [4.69, 9.17) is 21.1 Å². The van der Waals surface area contributed by atoms with Crippen LogP contribution in [0.25, 0.3) is 0 Å². The van der Waals surface area contributed by atoms with Gasteiger partial charge in [-0.25, -0.2) is 4.79 Å². The van der Waals surface area contributed by atoms with Crippen LogP contribution in [0.5, 0.6) is 5.75 Å². The van der Waals surface area contributed by atoms with Gasteiger partial charge in [0.05, 0.1) is 35.1 Å². The van der Waals surface area contributed by atoms with E-state index in [2.05, 4.69) is 5.32 Å². The molecule has 0 aliphatic carbocycles. The zero-order valence-corrected chi connectivity index (χ0v) is 15.9. The molecule has 1 saturated heterocycles. The lowest BCUT2D eigenvalue weighted by molar-refractivity contribution is -0.384. The maximum atomic E-state index is 12.7. The van der Waals surface area contributed by atoms with Crippen molar-refractivity contribution in [3.63, 3.8) is 0 Å². The number of nitrogens with zero attached hydrogens (tertiary/aromatic N) is 2. The fourth-order valence-electron chi connectivity index (χ4n) is 2.61. The van der Waals surface area contributed by atoms with Gasteiger partial charge in [0.25, 0.3) is 5.69 Å². The highest BCUT2D eigenvalue weighted by atomic mass is 35.5. The predicted octanol–water partition coefficient (Wildman–Crippen LogP) is 3.30. The van der Waals surface area contributed by atoms with Gasteiger partial charge in [0.15, 0.2) is 0 Å². The number of nitro benzene ring substituents is 1. The Kier molecular flexibility index (Phi) is 6.62. The first-order chi connectivity index (χ1) is 13.0. The van der Waals surface area contributed by atoms with Crippen molar-refractivity contribution in [2.75, 3.05) is 26.2 Å². The fourth-order valence-corrected chi connectivity index (χ4v) is 3.72. The van der Waals surface area contributed by atoms with Gasteiger partial charge < -0.3 is 19.7 Å². The number of hydrogen-bond donors (Lipinski definition) is 1. The highest BCUT2D eigenvalue weighted by molar-refractivity contribution is 7.16. The molecule has 1 atom stereocenters. The molecule has 2 aromatic rings. The summed E-state index contributed by atoms with van der Waals surface area (Å²) in [6.07, 6.45) is -0.693. The SMILES string of the molecule is O=C(Oc1ccc([N+](=O)[O-])cc1)N(Cc1ccc(Cl)s1)C[C@@H]1CNCCO1. The van der Waals surface area contributed by atoms with Gasteiger partial charge in [-0.15, -0.1) is 11.3 Å². The molecule has 8 nitrogen and oxygen atoms in total. The number of rotatable bonds is 6. The van der Waals surface area contributed by atoms with Crippen molar-refractivity contribution in [3.8, 4) is 5.75 Å². The minimum absolute atomic E-state index is 0.0680. The average molecular weight is 412 g/mol. The highest BCUT2D eigenvalue weighted by Gasteiger charge is 2.24. The second-order valence-corrected chi connectivity index (χ2v) is 7.70. The number of hydrogen-bond acceptors (Lipinski definition) is 7. The molecule has 1 aromatic heterocycles. The lowest BCUT2D eigenvalue weighted by Gasteiger charge is -2.29. The van der Waals surface area contributed by atoms with E-state index in [1.54, 1.807) is 11.0 Å². The van der Waals surface area contributed by atoms with Gasteiger partial charge in [-0.3, -0.25) is 10.1 Å². The summed E-state index contributed by atoms with van der Waals surface area (Å²) in [6.45, 7) is 2.70. The molecule has 0 bridgehead atoms. The van der Waals surface area contributed by atoms with Crippen LogP contribution in [0.1, 0.15) is 4.88 Å². The van der Waals surface area contributed by atoms with Crippen LogP contribution in [0, 0.1) is 10.1 Å². The number of benzene rings is 1. The van der Waals surface area contributed by atoms with Crippen LogP contribution in [0.3, 0.4) is 0 Å². The van der Waals surface area contributed by atoms with E-state index in [9.17, 15) is 14.9 Å². The third kappa shape index (κ3) is 5.64. The van der Waals surface area contributed by atoms with Crippen LogP contribution in [-0.4, -0.2) is 48.3 Å². The summed E-state index contributed by atoms with van der Waals surface area (Å²) < 4.78 is 11.7. The van der Waals surface area contributed by atoms with E-state index in [-0.39, 0.29) is 17.5 Å². The maximum Gasteiger partial charge on any atom is 0.415 e. The summed E-state index contributed by atoms with van der Waals surface area (Å²) in [4.78, 5) is 25.4. The van der Waals surface area contributed by atoms with Crippen molar-refractivity contribution in [2.24, 2.45) is 0 Å². The van der Waals surface area contributed by atoms with Crippen LogP contribution in [0.4, 0.5) is 10.5 Å². The molecule has 1 N–H and O–H groups in total. The van der Waals surface area contributed by atoms with Gasteiger partial charge in [0.2, 0.25) is 0 Å². The molecule has 2 heterocycles. The van der Waals surface area contributed by atoms with Crippen LogP contribution in [0.15, 0.2) is 36.4 Å². The van der Waals surface area contributed by atoms with E-state index in [1.807, 2.05) is 6.07 Å². The van der Waals surface area contributed by atoms with E-state index in [1.165, 1.54) is 35.6 Å². The van der Waals surface area contributed by atoms with Crippen molar-refractivity contribution in [1.29, 1.82) is 0 Å². The molecule has 1 aliphatic heterocycles. The summed E-state index contributed by atoms with van der Waals surface area (Å²) in [5.41, 5.74) is -0.0680. The Morgan fingerprint density at radius 1 is 1.37 bits per heavy atom. The quantitative estimate of drug-likeness (QED) is 0.579. The summed E-state index contributed by atoms with van der Waals surface area (Å²) in [5.74, 6) is 0.238. The van der Waals surface area contributed by atoms with Crippen molar-refractivity contribution < 1.29 is 19.2 Å². The molecular formula is C17H18ClN3O5S. The Hall–Kier alpha value is -2.20. The molecule has 144 valence electrons. The summed E-state index contributed by atoms with van der Waals surface area (Å²) in [7, 11) is 0. The fraction of sp³-hybridized carbons (Fsp3) is 0.353. The lowest BCUT2D eigenvalue weighted by atomic mass is 10.3. The molecule has 1 fully saturated rings. The van der Waals surface area contributed by atoms with Crippen molar-refractivity contribution >= 4 is 34.7 Å². The number of carbonyl (C=O) groups excluding carboxylic acids is 1. The van der Waals surface area contributed by atoms with E-state index in [0.29, 0.717) is 30.6 Å². The molecule has 0 radical (unpaired) electrons. The predicted molar refractivity (Wildman–Crippen MR) is 101 cm³/mol. The monoisotopic (exact) mass is 411 g/mol. The van der Waals surface area contributed by atoms with E-state index < -0.39 is 11.0 Å². The Bertz CT molecular complexity index is 792. The van der Waals surface area contributed by atoms with Gasteiger partial charge in [-0.2, -0.15) is 0 Å². The zero-order valence-electron chi connectivity index (χ0n) is 14.3. The van der Waals surface area contributed by atoms with Crippen molar-refractivity contribution in [3.05, 3.63) is 55.7 Å². The first kappa shape index (κ1) is 19.6. The average Bonchev–Trinajstić information content (AvgIpc) is 3.07. The van der Waals surface area contributed by atoms with E-state index in [0.717, 1.165) is 11.4 Å². The third-order valence-electron chi connectivity index (χ3n) is 3.91. The highest BCUT2D eigenvalue weighted by Crippen LogP contribution is 2.24. The Morgan fingerprint density at radius 3 is 2.74 bits per heavy atom. The van der Waals surface area contributed by atoms with Crippen LogP contribution < -0.4 is 10.1 Å². The van der Waals surface area contributed by atoms with Crippen LogP contribution >= 0.6 is 22.9 Å². The molecule has 1 aliphatic rings. The zero-order chi connectivity index (χ0) is 19.2. The second-order valence-electron chi connectivity index (χ2n) is 5.90. The number of non-ortho nitro benzene ring substituents is 1. The van der Waals surface area contributed by atoms with Gasteiger partial charge in [0, 0.05) is 30.1 Å². The number of nitro groups is 1. The first-order valence-corrected chi connectivity index (χ1v) is 9.48. The Balaban J connectivity index is 1.69. The standard InChI is InChI=1S/C17H18ClN3O5S/c18-16-6-5-15(27-16)11-20(10-14-9-19-7-8-25-14)17(22)26-13-3-1-12(2-4-13)21(23)24/h1-6,14,19H,7-11H2/t14-/m0/s1. The maximum absolute atomic E-state index is 12.7. The smallest absolute Gasteiger partial charge is 0.410 e. The molecule has 3 rings (SSSR count). The Labute approximate surface area is 164 Å². The number of amides is 1.